The van der Waals surface area contributed by atoms with Gasteiger partial charge in [0.2, 0.25) is 0 Å². The minimum Gasteiger partial charge on any atom is -0.508 e. The molecule has 0 aromatic heterocycles. The molecule has 0 radical (unpaired) electrons. The molecule has 72 valence electrons. The van der Waals surface area contributed by atoms with Crippen LogP contribution in [0.25, 0.3) is 0 Å². The zero-order chi connectivity index (χ0) is 10.1. The second-order valence-corrected chi connectivity index (χ2v) is 4.76. The summed E-state index contributed by atoms with van der Waals surface area (Å²) < 4.78 is 0.908. The van der Waals surface area contributed by atoms with Gasteiger partial charge in [-0.15, -0.1) is 0 Å². The van der Waals surface area contributed by atoms with Crippen molar-refractivity contribution in [1.29, 1.82) is 0 Å². The van der Waals surface area contributed by atoms with E-state index >= 15 is 0 Å². The van der Waals surface area contributed by atoms with E-state index < -0.39 is 0 Å². The van der Waals surface area contributed by atoms with Crippen LogP contribution in [0.5, 0.6) is 5.75 Å². The van der Waals surface area contributed by atoms with Crippen molar-refractivity contribution in [3.63, 3.8) is 0 Å². The Labute approximate surface area is 86.9 Å². The minimum absolute atomic E-state index is 0.299. The zero-order valence-corrected chi connectivity index (χ0v) is 9.43. The molecule has 1 aromatic carbocycles. The fourth-order valence-electron chi connectivity index (χ4n) is 1.18. The van der Waals surface area contributed by atoms with Crippen LogP contribution in [0.2, 0.25) is 0 Å². The first-order valence-electron chi connectivity index (χ1n) is 4.15. The minimum atomic E-state index is -0.304. The molecule has 2 nitrogen and oxygen atoms in total. The number of hydrogen-bond donors (Lipinski definition) is 2. The van der Waals surface area contributed by atoms with Crippen molar-refractivity contribution in [2.75, 3.05) is 0 Å². The van der Waals surface area contributed by atoms with Crippen molar-refractivity contribution >= 4 is 15.9 Å². The van der Waals surface area contributed by atoms with E-state index in [0.29, 0.717) is 12.2 Å². The highest BCUT2D eigenvalue weighted by Crippen LogP contribution is 2.28. The predicted molar refractivity (Wildman–Crippen MR) is 57.8 cm³/mol. The third-order valence-electron chi connectivity index (χ3n) is 1.73. The molecule has 0 saturated heterocycles. The van der Waals surface area contributed by atoms with Gasteiger partial charge < -0.3 is 10.8 Å². The normalized spacial score (nSPS) is 11.7. The van der Waals surface area contributed by atoms with E-state index in [1.54, 1.807) is 12.1 Å². The fourth-order valence-corrected chi connectivity index (χ4v) is 1.67. The highest BCUT2D eigenvalue weighted by molar-refractivity contribution is 9.10. The Kier molecular flexibility index (Phi) is 2.98. The Morgan fingerprint density at radius 3 is 2.54 bits per heavy atom. The highest BCUT2D eigenvalue weighted by Gasteiger charge is 2.16. The van der Waals surface area contributed by atoms with Crippen molar-refractivity contribution < 1.29 is 5.11 Å². The molecule has 0 aliphatic heterocycles. The summed E-state index contributed by atoms with van der Waals surface area (Å²) in [6.07, 6.45) is 0.653. The van der Waals surface area contributed by atoms with Gasteiger partial charge in [-0.25, -0.2) is 0 Å². The number of hydrogen-bond acceptors (Lipinski definition) is 2. The van der Waals surface area contributed by atoms with Gasteiger partial charge in [0.05, 0.1) is 0 Å². The van der Waals surface area contributed by atoms with Crippen LogP contribution >= 0.6 is 15.9 Å². The summed E-state index contributed by atoms with van der Waals surface area (Å²) in [5, 5.41) is 9.57. The van der Waals surface area contributed by atoms with Crippen molar-refractivity contribution in [3.05, 3.63) is 28.2 Å². The van der Waals surface area contributed by atoms with Gasteiger partial charge in [0.1, 0.15) is 5.75 Å². The molecule has 0 heterocycles. The molecule has 3 N–H and O–H groups in total. The molecular formula is C10H14BrNO. The molecule has 0 saturated carbocycles. The van der Waals surface area contributed by atoms with Crippen molar-refractivity contribution in [2.24, 2.45) is 5.73 Å². The van der Waals surface area contributed by atoms with Gasteiger partial charge in [0.15, 0.2) is 0 Å². The Morgan fingerprint density at radius 1 is 1.46 bits per heavy atom. The van der Waals surface area contributed by atoms with Crippen LogP contribution in [0.1, 0.15) is 19.4 Å². The maximum Gasteiger partial charge on any atom is 0.119 e. The number of nitrogens with two attached hydrogens (primary N) is 1. The summed E-state index contributed by atoms with van der Waals surface area (Å²) >= 11 is 3.38. The molecule has 3 heteroatoms. The number of aromatic hydroxyl groups is 1. The Hall–Kier alpha value is -0.540. The third-order valence-corrected chi connectivity index (χ3v) is 2.47. The van der Waals surface area contributed by atoms with Gasteiger partial charge in [-0.05, 0) is 32.4 Å². The summed E-state index contributed by atoms with van der Waals surface area (Å²) in [7, 11) is 0. The number of phenolic OH excluding ortho intramolecular Hbond substituents is 1. The van der Waals surface area contributed by atoms with E-state index in [9.17, 15) is 5.11 Å². The van der Waals surface area contributed by atoms with Crippen molar-refractivity contribution in [3.8, 4) is 5.75 Å². The lowest BCUT2D eigenvalue weighted by molar-refractivity contribution is 0.449. The molecule has 0 fully saturated rings. The van der Waals surface area contributed by atoms with Gasteiger partial charge in [-0.1, -0.05) is 22.0 Å². The van der Waals surface area contributed by atoms with E-state index in [0.717, 1.165) is 10.0 Å². The predicted octanol–water partition coefficient (Wildman–Crippen LogP) is 2.43. The zero-order valence-electron chi connectivity index (χ0n) is 7.84. The molecule has 0 unspecified atom stereocenters. The maximum atomic E-state index is 9.57. The van der Waals surface area contributed by atoms with E-state index in [4.69, 9.17) is 5.73 Å². The second kappa shape index (κ2) is 3.68. The second-order valence-electron chi connectivity index (χ2n) is 3.90. The molecule has 0 aliphatic carbocycles. The summed E-state index contributed by atoms with van der Waals surface area (Å²) in [6.45, 7) is 3.87. The van der Waals surface area contributed by atoms with Crippen LogP contribution in [0.4, 0.5) is 0 Å². The molecule has 0 amide bonds. The van der Waals surface area contributed by atoms with E-state index in [1.165, 1.54) is 0 Å². The van der Waals surface area contributed by atoms with Gasteiger partial charge in [-0.3, -0.25) is 0 Å². The monoisotopic (exact) mass is 243 g/mol. The third kappa shape index (κ3) is 3.01. The van der Waals surface area contributed by atoms with Gasteiger partial charge in [-0.2, -0.15) is 0 Å². The number of benzene rings is 1. The molecule has 0 aliphatic rings. The van der Waals surface area contributed by atoms with E-state index in [1.807, 2.05) is 19.9 Å². The lowest BCUT2D eigenvalue weighted by Crippen LogP contribution is -2.34. The lowest BCUT2D eigenvalue weighted by Gasteiger charge is -2.19. The SMILES string of the molecule is CC(C)(N)Cc1c(O)cccc1Br. The summed E-state index contributed by atoms with van der Waals surface area (Å²) in [5.41, 5.74) is 6.44. The molecular weight excluding hydrogens is 230 g/mol. The fraction of sp³-hybridized carbons (Fsp3) is 0.400. The first-order valence-corrected chi connectivity index (χ1v) is 4.95. The first kappa shape index (κ1) is 10.5. The van der Waals surface area contributed by atoms with Gasteiger partial charge in [0.25, 0.3) is 0 Å². The van der Waals surface area contributed by atoms with Gasteiger partial charge >= 0.3 is 0 Å². The Morgan fingerprint density at radius 2 is 2.08 bits per heavy atom. The van der Waals surface area contributed by atoms with E-state index in [-0.39, 0.29) is 5.54 Å². The molecule has 13 heavy (non-hydrogen) atoms. The molecule has 0 atom stereocenters. The number of rotatable bonds is 2. The van der Waals surface area contributed by atoms with Crippen molar-refractivity contribution in [2.45, 2.75) is 25.8 Å². The lowest BCUT2D eigenvalue weighted by atomic mass is 9.96. The highest BCUT2D eigenvalue weighted by atomic mass is 79.9. The standard InChI is InChI=1S/C10H14BrNO/c1-10(2,12)6-7-8(11)4-3-5-9(7)13/h3-5,13H,6,12H2,1-2H3. The first-order chi connectivity index (χ1) is 5.90. The van der Waals surface area contributed by atoms with Crippen LogP contribution in [-0.2, 0) is 6.42 Å². The van der Waals surface area contributed by atoms with Crippen LogP contribution in [0, 0.1) is 0 Å². The molecule has 1 rings (SSSR count). The average Bonchev–Trinajstić information content (AvgIpc) is 1.95. The Bertz CT molecular complexity index is 284. The van der Waals surface area contributed by atoms with Crippen LogP contribution in [0.3, 0.4) is 0 Å². The quantitative estimate of drug-likeness (QED) is 0.839. The maximum absolute atomic E-state index is 9.57. The van der Waals surface area contributed by atoms with Crippen molar-refractivity contribution in [1.82, 2.24) is 0 Å². The Balaban J connectivity index is 3.00. The largest absolute Gasteiger partial charge is 0.508 e. The molecule has 0 spiro atoms. The molecule has 1 aromatic rings. The van der Waals surface area contributed by atoms with Gasteiger partial charge in [0, 0.05) is 15.6 Å². The summed E-state index contributed by atoms with van der Waals surface area (Å²) in [6, 6.07) is 5.37. The summed E-state index contributed by atoms with van der Waals surface area (Å²) in [5.74, 6) is 0.299. The summed E-state index contributed by atoms with van der Waals surface area (Å²) in [4.78, 5) is 0. The van der Waals surface area contributed by atoms with Crippen LogP contribution in [-0.4, -0.2) is 10.6 Å². The topological polar surface area (TPSA) is 46.2 Å². The molecule has 0 bridgehead atoms. The number of phenols is 1. The van der Waals surface area contributed by atoms with E-state index in [2.05, 4.69) is 15.9 Å². The smallest absolute Gasteiger partial charge is 0.119 e. The van der Waals surface area contributed by atoms with Crippen LogP contribution in [0.15, 0.2) is 22.7 Å². The van der Waals surface area contributed by atoms with Crippen LogP contribution < -0.4 is 5.73 Å². The average molecular weight is 244 g/mol. The number of halogens is 1.